The van der Waals surface area contributed by atoms with Crippen LogP contribution in [0.4, 0.5) is 0 Å². The van der Waals surface area contributed by atoms with Crippen molar-refractivity contribution in [1.82, 2.24) is 15.3 Å². The summed E-state index contributed by atoms with van der Waals surface area (Å²) in [6.45, 7) is 8.51. The molecule has 0 fully saturated rings. The number of carbonyl (C=O) groups is 1. The van der Waals surface area contributed by atoms with Crippen LogP contribution in [0.15, 0.2) is 17.6 Å². The van der Waals surface area contributed by atoms with E-state index >= 15 is 0 Å². The third-order valence-electron chi connectivity index (χ3n) is 2.87. The smallest absolute Gasteiger partial charge is 0.237 e. The minimum absolute atomic E-state index is 0.194. The van der Waals surface area contributed by atoms with Crippen LogP contribution in [-0.4, -0.2) is 33.2 Å². The van der Waals surface area contributed by atoms with Gasteiger partial charge in [0, 0.05) is 17.6 Å². The van der Waals surface area contributed by atoms with Gasteiger partial charge in [-0.1, -0.05) is 25.6 Å². The summed E-state index contributed by atoms with van der Waals surface area (Å²) in [5.41, 5.74) is 5.82. The first-order valence-electron chi connectivity index (χ1n) is 6.37. The lowest BCUT2D eigenvalue weighted by Crippen LogP contribution is -2.54. The fourth-order valence-electron chi connectivity index (χ4n) is 1.89. The Morgan fingerprint density at radius 3 is 2.58 bits per heavy atom. The van der Waals surface area contributed by atoms with Crippen molar-refractivity contribution in [2.24, 2.45) is 5.73 Å². The molecule has 106 valence electrons. The van der Waals surface area contributed by atoms with E-state index in [1.54, 1.807) is 24.2 Å². The third kappa shape index (κ3) is 4.80. The van der Waals surface area contributed by atoms with E-state index in [0.29, 0.717) is 13.0 Å². The fraction of sp³-hybridized carbons (Fsp3) is 0.615. The van der Waals surface area contributed by atoms with Crippen LogP contribution in [0.5, 0.6) is 0 Å². The van der Waals surface area contributed by atoms with Gasteiger partial charge < -0.3 is 11.1 Å². The summed E-state index contributed by atoms with van der Waals surface area (Å²) in [6, 6.07) is 0. The molecule has 6 heteroatoms. The van der Waals surface area contributed by atoms with Gasteiger partial charge in [-0.15, -0.1) is 0 Å². The number of carbonyl (C=O) groups excluding carboxylic acids is 1. The molecule has 0 aliphatic heterocycles. The van der Waals surface area contributed by atoms with Crippen molar-refractivity contribution in [3.63, 3.8) is 0 Å². The third-order valence-corrected chi connectivity index (χ3v) is 3.86. The molecule has 0 saturated carbocycles. The second kappa shape index (κ2) is 6.86. The number of nitrogens with zero attached hydrogens (tertiary/aromatic N) is 2. The van der Waals surface area contributed by atoms with E-state index < -0.39 is 5.54 Å². The van der Waals surface area contributed by atoms with Crippen molar-refractivity contribution in [3.05, 3.63) is 18.0 Å². The molecule has 1 aromatic rings. The summed E-state index contributed by atoms with van der Waals surface area (Å²) in [4.78, 5) is 20.1. The van der Waals surface area contributed by atoms with Crippen LogP contribution in [-0.2, 0) is 4.79 Å². The van der Waals surface area contributed by atoms with Crippen molar-refractivity contribution >= 4 is 17.7 Å². The minimum atomic E-state index is -0.689. The summed E-state index contributed by atoms with van der Waals surface area (Å²) >= 11 is 1.55. The molecule has 2 atom stereocenters. The standard InChI is InChI=1S/C13H22N4OS/c1-5-17-13(4,11(14)18)6-10(3)19-12-15-7-9(2)8-16-12/h7-8,10,17H,5-6H2,1-4H3,(H2,14,18). The van der Waals surface area contributed by atoms with Crippen LogP contribution in [0.3, 0.4) is 0 Å². The topological polar surface area (TPSA) is 80.9 Å². The van der Waals surface area contributed by atoms with E-state index in [0.717, 1.165) is 10.7 Å². The lowest BCUT2D eigenvalue weighted by molar-refractivity contribution is -0.124. The van der Waals surface area contributed by atoms with Gasteiger partial charge in [0.25, 0.3) is 0 Å². The van der Waals surface area contributed by atoms with Gasteiger partial charge in [-0.05, 0) is 32.4 Å². The van der Waals surface area contributed by atoms with Crippen molar-refractivity contribution < 1.29 is 4.79 Å². The minimum Gasteiger partial charge on any atom is -0.368 e. The lowest BCUT2D eigenvalue weighted by Gasteiger charge is -2.29. The zero-order valence-corrected chi connectivity index (χ0v) is 12.8. The first-order valence-corrected chi connectivity index (χ1v) is 7.25. The molecule has 3 N–H and O–H groups in total. The molecule has 2 unspecified atom stereocenters. The molecule has 0 aliphatic rings. The summed E-state index contributed by atoms with van der Waals surface area (Å²) in [7, 11) is 0. The van der Waals surface area contributed by atoms with Gasteiger partial charge in [-0.2, -0.15) is 0 Å². The van der Waals surface area contributed by atoms with E-state index in [1.165, 1.54) is 0 Å². The first kappa shape index (κ1) is 15.9. The van der Waals surface area contributed by atoms with Gasteiger partial charge in [-0.3, -0.25) is 4.79 Å². The molecular weight excluding hydrogens is 260 g/mol. The number of primary amides is 1. The van der Waals surface area contributed by atoms with Crippen LogP contribution in [0, 0.1) is 6.92 Å². The Labute approximate surface area is 118 Å². The molecule has 0 bridgehead atoms. The molecule has 5 nitrogen and oxygen atoms in total. The lowest BCUT2D eigenvalue weighted by atomic mass is 9.95. The van der Waals surface area contributed by atoms with E-state index in [2.05, 4.69) is 15.3 Å². The summed E-state index contributed by atoms with van der Waals surface area (Å²) in [5.74, 6) is -0.327. The van der Waals surface area contributed by atoms with E-state index in [-0.39, 0.29) is 11.2 Å². The Balaban J connectivity index is 2.65. The molecule has 19 heavy (non-hydrogen) atoms. The monoisotopic (exact) mass is 282 g/mol. The van der Waals surface area contributed by atoms with Gasteiger partial charge in [0.1, 0.15) is 0 Å². The zero-order valence-electron chi connectivity index (χ0n) is 11.9. The predicted octanol–water partition coefficient (Wildman–Crippen LogP) is 1.51. The fourth-order valence-corrected chi connectivity index (χ4v) is 2.89. The second-order valence-corrected chi connectivity index (χ2v) is 6.31. The first-order chi connectivity index (χ1) is 8.87. The van der Waals surface area contributed by atoms with E-state index in [4.69, 9.17) is 5.73 Å². The molecule has 1 aromatic heterocycles. The maximum Gasteiger partial charge on any atom is 0.237 e. The average molecular weight is 282 g/mol. The molecule has 0 aromatic carbocycles. The highest BCUT2D eigenvalue weighted by Crippen LogP contribution is 2.26. The Bertz CT molecular complexity index is 423. The molecule has 0 radical (unpaired) electrons. The SMILES string of the molecule is CCNC(C)(CC(C)Sc1ncc(C)cn1)C(N)=O. The molecule has 0 spiro atoms. The highest BCUT2D eigenvalue weighted by atomic mass is 32.2. The number of nitrogens with two attached hydrogens (primary N) is 1. The van der Waals surface area contributed by atoms with Gasteiger partial charge in [0.05, 0.1) is 5.54 Å². The Hall–Kier alpha value is -1.14. The van der Waals surface area contributed by atoms with Crippen molar-refractivity contribution in [1.29, 1.82) is 0 Å². The summed E-state index contributed by atoms with van der Waals surface area (Å²) in [5, 5.41) is 4.07. The molecule has 1 heterocycles. The quantitative estimate of drug-likeness (QED) is 0.585. The van der Waals surface area contributed by atoms with Crippen LogP contribution >= 0.6 is 11.8 Å². The summed E-state index contributed by atoms with van der Waals surface area (Å²) < 4.78 is 0. The second-order valence-electron chi connectivity index (χ2n) is 4.90. The highest BCUT2D eigenvalue weighted by Gasteiger charge is 2.32. The normalized spacial score (nSPS) is 15.8. The molecular formula is C13H22N4OS. The molecule has 1 amide bonds. The Morgan fingerprint density at radius 2 is 2.11 bits per heavy atom. The van der Waals surface area contributed by atoms with Crippen molar-refractivity contribution in [2.75, 3.05) is 6.54 Å². The number of thioether (sulfide) groups is 1. The Kier molecular flexibility index (Phi) is 5.75. The average Bonchev–Trinajstić information content (AvgIpc) is 2.32. The zero-order chi connectivity index (χ0) is 14.5. The number of amides is 1. The predicted molar refractivity (Wildman–Crippen MR) is 78.0 cm³/mol. The van der Waals surface area contributed by atoms with Gasteiger partial charge in [0.15, 0.2) is 5.16 Å². The van der Waals surface area contributed by atoms with Gasteiger partial charge in [0.2, 0.25) is 5.91 Å². The van der Waals surface area contributed by atoms with Crippen LogP contribution in [0.1, 0.15) is 32.8 Å². The number of aryl methyl sites for hydroxylation is 1. The highest BCUT2D eigenvalue weighted by molar-refractivity contribution is 7.99. The van der Waals surface area contributed by atoms with E-state index in [9.17, 15) is 4.79 Å². The van der Waals surface area contributed by atoms with Gasteiger partial charge >= 0.3 is 0 Å². The number of hydrogen-bond acceptors (Lipinski definition) is 5. The maximum absolute atomic E-state index is 11.6. The van der Waals surface area contributed by atoms with Crippen LogP contribution < -0.4 is 11.1 Å². The molecule has 0 saturated heterocycles. The Morgan fingerprint density at radius 1 is 1.53 bits per heavy atom. The molecule has 1 rings (SSSR count). The number of rotatable bonds is 7. The van der Waals surface area contributed by atoms with Crippen molar-refractivity contribution in [2.45, 2.75) is 50.1 Å². The number of hydrogen-bond donors (Lipinski definition) is 2. The number of aromatic nitrogens is 2. The maximum atomic E-state index is 11.6. The van der Waals surface area contributed by atoms with Crippen LogP contribution in [0.25, 0.3) is 0 Å². The van der Waals surface area contributed by atoms with Crippen LogP contribution in [0.2, 0.25) is 0 Å². The molecule has 0 aliphatic carbocycles. The number of likely N-dealkylation sites (N-methyl/N-ethyl adjacent to an activating group) is 1. The van der Waals surface area contributed by atoms with Crippen molar-refractivity contribution in [3.8, 4) is 0 Å². The van der Waals surface area contributed by atoms with Gasteiger partial charge in [-0.25, -0.2) is 9.97 Å². The largest absolute Gasteiger partial charge is 0.368 e. The number of nitrogens with one attached hydrogen (secondary N) is 1. The van der Waals surface area contributed by atoms with E-state index in [1.807, 2.05) is 27.7 Å². The summed E-state index contributed by atoms with van der Waals surface area (Å²) in [6.07, 6.45) is 4.22.